The molecule has 0 fully saturated rings. The van der Waals surface area contributed by atoms with E-state index in [2.05, 4.69) is 241 Å². The van der Waals surface area contributed by atoms with Gasteiger partial charge in [-0.1, -0.05) is 115 Å². The van der Waals surface area contributed by atoms with Gasteiger partial charge in [0.25, 0.3) is 0 Å². The second-order valence-electron chi connectivity index (χ2n) is 16.5. The molecule has 0 aliphatic carbocycles. The van der Waals surface area contributed by atoms with Crippen molar-refractivity contribution in [1.82, 2.24) is 27.7 Å². The number of nitrogens with zero attached hydrogens (tertiary/aromatic N) is 6. The number of rotatable bonds is 5. The summed E-state index contributed by atoms with van der Waals surface area (Å²) in [7, 11) is 0. The molecule has 6 nitrogen and oxygen atoms in total. The van der Waals surface area contributed by atoms with Crippen LogP contribution in [0.2, 0.25) is 0 Å². The topological polar surface area (TPSA) is 37.0 Å². The third kappa shape index (κ3) is 4.80. The first-order valence-corrected chi connectivity index (χ1v) is 21.5. The smallest absolute Gasteiger partial charge is 0.222 e. The summed E-state index contributed by atoms with van der Waals surface area (Å²) in [4.78, 5) is 5.54. The van der Waals surface area contributed by atoms with Crippen molar-refractivity contribution in [3.63, 3.8) is 0 Å². The summed E-state index contributed by atoms with van der Waals surface area (Å²) in [5.41, 5.74) is 16.9. The standard InChI is InChI=1S/C57H36N6/c1-4-16-39(17-5-1)59-48-24-12-10-22-43(48)45-34-37(28-31-50(45)59)38-29-32-51-46(35-38)47-36-42(30-33-52(47)60(51)40-18-6-2-7-19-40)62-53-26-14-15-27-54(53)63-55-44-23-11-13-25-49(44)61(56(55)58-57(62)63)41-20-8-3-9-21-41/h1-36H. The fourth-order valence-corrected chi connectivity index (χ4v) is 10.4. The molecule has 294 valence electrons. The molecule has 5 heterocycles. The first kappa shape index (κ1) is 34.1. The molecule has 0 radical (unpaired) electrons. The number of para-hydroxylation sites is 7. The molecular formula is C57H36N6. The van der Waals surface area contributed by atoms with E-state index >= 15 is 0 Å². The van der Waals surface area contributed by atoms with Crippen LogP contribution in [0.5, 0.6) is 0 Å². The molecule has 14 aromatic rings. The zero-order valence-electron chi connectivity index (χ0n) is 34.0. The Morgan fingerprint density at radius 2 is 0.698 bits per heavy atom. The molecule has 0 aliphatic heterocycles. The molecule has 0 saturated heterocycles. The summed E-state index contributed by atoms with van der Waals surface area (Å²) in [5.74, 6) is 0.881. The van der Waals surface area contributed by atoms with Crippen LogP contribution in [0.4, 0.5) is 0 Å². The van der Waals surface area contributed by atoms with Gasteiger partial charge in [0, 0.05) is 49.7 Å². The van der Waals surface area contributed by atoms with Crippen molar-refractivity contribution >= 4 is 82.5 Å². The molecule has 63 heavy (non-hydrogen) atoms. The number of hydrogen-bond donors (Lipinski definition) is 0. The Hall–Kier alpha value is -8.61. The minimum Gasteiger partial charge on any atom is -0.309 e. The van der Waals surface area contributed by atoms with E-state index in [0.29, 0.717) is 0 Å². The monoisotopic (exact) mass is 804 g/mol. The van der Waals surface area contributed by atoms with Gasteiger partial charge in [-0.15, -0.1) is 0 Å². The molecule has 0 amide bonds. The highest BCUT2D eigenvalue weighted by atomic mass is 15.2. The van der Waals surface area contributed by atoms with E-state index < -0.39 is 0 Å². The fourth-order valence-electron chi connectivity index (χ4n) is 10.4. The number of aromatic nitrogens is 6. The van der Waals surface area contributed by atoms with Crippen LogP contribution in [0.25, 0.3) is 116 Å². The van der Waals surface area contributed by atoms with Crippen molar-refractivity contribution in [2.75, 3.05) is 0 Å². The minimum absolute atomic E-state index is 0.881. The van der Waals surface area contributed by atoms with Gasteiger partial charge in [-0.3, -0.25) is 13.5 Å². The van der Waals surface area contributed by atoms with Gasteiger partial charge in [-0.2, -0.15) is 4.98 Å². The number of imidazole rings is 2. The molecular weight excluding hydrogens is 769 g/mol. The average Bonchev–Trinajstić information content (AvgIpc) is 4.13. The molecule has 9 aromatic carbocycles. The van der Waals surface area contributed by atoms with Crippen LogP contribution in [-0.4, -0.2) is 27.7 Å². The SMILES string of the molecule is c1ccc(-n2c3ccccc3c3cc(-c4ccc5c(c4)c4cc(-n6c7ccccc7n7c8c9ccccc9n(-c9ccccc9)c8nc67)ccc4n5-c4ccccc4)ccc32)cc1. The van der Waals surface area contributed by atoms with E-state index in [1.807, 2.05) is 0 Å². The van der Waals surface area contributed by atoms with Gasteiger partial charge in [0.2, 0.25) is 5.78 Å². The molecule has 14 rings (SSSR count). The van der Waals surface area contributed by atoms with Crippen molar-refractivity contribution in [3.8, 4) is 33.9 Å². The highest BCUT2D eigenvalue weighted by Crippen LogP contribution is 2.41. The third-order valence-electron chi connectivity index (χ3n) is 13.1. The lowest BCUT2D eigenvalue weighted by atomic mass is 10.0. The quantitative estimate of drug-likeness (QED) is 0.171. The number of hydrogen-bond acceptors (Lipinski definition) is 1. The zero-order chi connectivity index (χ0) is 41.2. The molecule has 6 heteroatoms. The normalized spacial score (nSPS) is 12.1. The summed E-state index contributed by atoms with van der Waals surface area (Å²) in [6, 6.07) is 78.9. The van der Waals surface area contributed by atoms with E-state index in [-0.39, 0.29) is 0 Å². The largest absolute Gasteiger partial charge is 0.309 e. The maximum Gasteiger partial charge on any atom is 0.222 e. The Morgan fingerprint density at radius 3 is 1.30 bits per heavy atom. The Kier molecular flexibility index (Phi) is 7.02. The first-order valence-electron chi connectivity index (χ1n) is 21.5. The second-order valence-corrected chi connectivity index (χ2v) is 16.5. The van der Waals surface area contributed by atoms with Gasteiger partial charge < -0.3 is 9.13 Å². The number of benzene rings is 9. The highest BCUT2D eigenvalue weighted by molar-refractivity contribution is 6.14. The van der Waals surface area contributed by atoms with Crippen molar-refractivity contribution < 1.29 is 0 Å². The van der Waals surface area contributed by atoms with E-state index in [0.717, 1.165) is 67.3 Å². The minimum atomic E-state index is 0.881. The van der Waals surface area contributed by atoms with E-state index in [4.69, 9.17) is 4.98 Å². The van der Waals surface area contributed by atoms with E-state index in [1.165, 1.54) is 49.1 Å². The molecule has 5 aromatic heterocycles. The Bertz CT molecular complexity index is 4120. The van der Waals surface area contributed by atoms with Gasteiger partial charge in [0.1, 0.15) is 5.52 Å². The van der Waals surface area contributed by atoms with Crippen LogP contribution < -0.4 is 0 Å². The lowest BCUT2D eigenvalue weighted by Crippen LogP contribution is -1.97. The Labute approximate surface area is 361 Å². The summed E-state index contributed by atoms with van der Waals surface area (Å²) < 4.78 is 11.8. The van der Waals surface area contributed by atoms with Crippen LogP contribution in [0, 0.1) is 0 Å². The van der Waals surface area contributed by atoms with Gasteiger partial charge >= 0.3 is 0 Å². The van der Waals surface area contributed by atoms with Gasteiger partial charge in [0.15, 0.2) is 5.65 Å². The van der Waals surface area contributed by atoms with Crippen molar-refractivity contribution in [3.05, 3.63) is 218 Å². The maximum atomic E-state index is 5.54. The van der Waals surface area contributed by atoms with Gasteiger partial charge in [-0.25, -0.2) is 0 Å². The zero-order valence-corrected chi connectivity index (χ0v) is 34.0. The van der Waals surface area contributed by atoms with Crippen LogP contribution >= 0.6 is 0 Å². The molecule has 0 N–H and O–H groups in total. The van der Waals surface area contributed by atoms with E-state index in [1.54, 1.807) is 0 Å². The van der Waals surface area contributed by atoms with Crippen molar-refractivity contribution in [1.29, 1.82) is 0 Å². The second kappa shape index (κ2) is 12.9. The summed E-state index contributed by atoms with van der Waals surface area (Å²) in [5, 5.41) is 6.03. The number of fused-ring (bicyclic) bond motifs is 13. The van der Waals surface area contributed by atoms with Crippen LogP contribution in [0.1, 0.15) is 0 Å². The molecule has 0 unspecified atom stereocenters. The molecule has 0 atom stereocenters. The summed E-state index contributed by atoms with van der Waals surface area (Å²) in [6.07, 6.45) is 0. The van der Waals surface area contributed by atoms with Crippen LogP contribution in [-0.2, 0) is 0 Å². The Balaban J connectivity index is 1.02. The van der Waals surface area contributed by atoms with Crippen LogP contribution in [0.15, 0.2) is 218 Å². The summed E-state index contributed by atoms with van der Waals surface area (Å²) >= 11 is 0. The third-order valence-corrected chi connectivity index (χ3v) is 13.1. The summed E-state index contributed by atoms with van der Waals surface area (Å²) in [6.45, 7) is 0. The predicted octanol–water partition coefficient (Wildman–Crippen LogP) is 14.2. The van der Waals surface area contributed by atoms with Crippen LogP contribution in [0.3, 0.4) is 0 Å². The van der Waals surface area contributed by atoms with E-state index in [9.17, 15) is 0 Å². The maximum absolute atomic E-state index is 5.54. The lowest BCUT2D eigenvalue weighted by molar-refractivity contribution is 1.09. The molecule has 0 bridgehead atoms. The van der Waals surface area contributed by atoms with Crippen molar-refractivity contribution in [2.45, 2.75) is 0 Å². The van der Waals surface area contributed by atoms with Gasteiger partial charge in [-0.05, 0) is 114 Å². The molecule has 0 spiro atoms. The fraction of sp³-hybridized carbons (Fsp3) is 0. The first-order chi connectivity index (χ1) is 31.3. The van der Waals surface area contributed by atoms with Crippen molar-refractivity contribution in [2.24, 2.45) is 0 Å². The lowest BCUT2D eigenvalue weighted by Gasteiger charge is -2.09. The highest BCUT2D eigenvalue weighted by Gasteiger charge is 2.24. The average molecular weight is 805 g/mol. The predicted molar refractivity (Wildman–Crippen MR) is 260 cm³/mol. The Morgan fingerprint density at radius 1 is 0.270 bits per heavy atom. The van der Waals surface area contributed by atoms with Gasteiger partial charge in [0.05, 0.1) is 38.6 Å². The molecule has 0 saturated carbocycles. The molecule has 0 aliphatic rings.